The summed E-state index contributed by atoms with van der Waals surface area (Å²) >= 11 is 0. The number of aryl methyl sites for hydroxylation is 1. The van der Waals surface area contributed by atoms with E-state index in [4.69, 9.17) is 0 Å². The van der Waals surface area contributed by atoms with E-state index < -0.39 is 10.0 Å². The van der Waals surface area contributed by atoms with Crippen molar-refractivity contribution in [3.8, 4) is 0 Å². The summed E-state index contributed by atoms with van der Waals surface area (Å²) in [4.78, 5) is 16.9. The Bertz CT molecular complexity index is 980. The van der Waals surface area contributed by atoms with Gasteiger partial charge in [-0.3, -0.25) is 9.52 Å². The third kappa shape index (κ3) is 4.94. The van der Waals surface area contributed by atoms with Crippen molar-refractivity contribution in [1.29, 1.82) is 0 Å². The standard InChI is InChI=1S/C22H30N4O3S/c1-4-25(5-2)22(27)18-8-11-21(26-14-12-23-13-15-26)20(16-18)24-30(28,29)19-9-6-17(3)7-10-19/h6-11,16,23-24H,4-5,12-15H2,1-3H3. The Balaban J connectivity index is 2.00. The van der Waals surface area contributed by atoms with Gasteiger partial charge in [-0.2, -0.15) is 0 Å². The molecule has 162 valence electrons. The highest BCUT2D eigenvalue weighted by Crippen LogP contribution is 2.30. The Hall–Kier alpha value is -2.58. The fourth-order valence-corrected chi connectivity index (χ4v) is 4.61. The van der Waals surface area contributed by atoms with Crippen LogP contribution in [-0.2, 0) is 10.0 Å². The van der Waals surface area contributed by atoms with Crippen LogP contribution in [-0.4, -0.2) is 58.5 Å². The van der Waals surface area contributed by atoms with E-state index in [9.17, 15) is 13.2 Å². The minimum atomic E-state index is -3.78. The maximum absolute atomic E-state index is 13.0. The number of hydrogen-bond acceptors (Lipinski definition) is 5. The first-order valence-corrected chi connectivity index (χ1v) is 11.8. The third-order valence-corrected chi connectivity index (χ3v) is 6.71. The van der Waals surface area contributed by atoms with Crippen molar-refractivity contribution in [2.75, 3.05) is 48.9 Å². The second kappa shape index (κ2) is 9.49. The first-order chi connectivity index (χ1) is 14.4. The molecular formula is C22H30N4O3S. The molecule has 2 aromatic carbocycles. The maximum atomic E-state index is 13.0. The van der Waals surface area contributed by atoms with Gasteiger partial charge in [-0.25, -0.2) is 8.42 Å². The highest BCUT2D eigenvalue weighted by Gasteiger charge is 2.22. The lowest BCUT2D eigenvalue weighted by Gasteiger charge is -2.31. The quantitative estimate of drug-likeness (QED) is 0.706. The summed E-state index contributed by atoms with van der Waals surface area (Å²) < 4.78 is 28.8. The van der Waals surface area contributed by atoms with E-state index in [-0.39, 0.29) is 10.8 Å². The predicted octanol–water partition coefficient (Wildman–Crippen LogP) is 2.69. The number of carbonyl (C=O) groups excluding carboxylic acids is 1. The van der Waals surface area contributed by atoms with Crippen molar-refractivity contribution in [2.24, 2.45) is 0 Å². The van der Waals surface area contributed by atoms with Crippen molar-refractivity contribution in [3.63, 3.8) is 0 Å². The Morgan fingerprint density at radius 1 is 1.07 bits per heavy atom. The Morgan fingerprint density at radius 3 is 2.30 bits per heavy atom. The molecule has 0 aliphatic carbocycles. The Labute approximate surface area is 179 Å². The zero-order valence-electron chi connectivity index (χ0n) is 17.8. The average Bonchev–Trinajstić information content (AvgIpc) is 2.75. The van der Waals surface area contributed by atoms with Crippen LogP contribution in [0.4, 0.5) is 11.4 Å². The normalized spacial score (nSPS) is 14.4. The van der Waals surface area contributed by atoms with E-state index in [1.165, 1.54) is 0 Å². The minimum Gasteiger partial charge on any atom is -0.367 e. The monoisotopic (exact) mass is 430 g/mol. The molecule has 1 aliphatic heterocycles. The van der Waals surface area contributed by atoms with Crippen molar-refractivity contribution < 1.29 is 13.2 Å². The van der Waals surface area contributed by atoms with E-state index in [1.807, 2.05) is 26.8 Å². The van der Waals surface area contributed by atoms with Gasteiger partial charge in [-0.1, -0.05) is 17.7 Å². The number of carbonyl (C=O) groups is 1. The van der Waals surface area contributed by atoms with Crippen LogP contribution in [0.25, 0.3) is 0 Å². The molecule has 0 aromatic heterocycles. The van der Waals surface area contributed by atoms with Gasteiger partial charge < -0.3 is 15.1 Å². The highest BCUT2D eigenvalue weighted by molar-refractivity contribution is 7.92. The first kappa shape index (κ1) is 22.1. The van der Waals surface area contributed by atoms with E-state index >= 15 is 0 Å². The molecule has 1 fully saturated rings. The van der Waals surface area contributed by atoms with Crippen molar-refractivity contribution in [3.05, 3.63) is 53.6 Å². The van der Waals surface area contributed by atoms with Crippen molar-refractivity contribution in [1.82, 2.24) is 10.2 Å². The van der Waals surface area contributed by atoms with Crippen LogP contribution >= 0.6 is 0 Å². The summed E-state index contributed by atoms with van der Waals surface area (Å²) in [5.41, 5.74) is 2.67. The summed E-state index contributed by atoms with van der Waals surface area (Å²) in [7, 11) is -3.78. The molecule has 0 atom stereocenters. The Morgan fingerprint density at radius 2 is 1.70 bits per heavy atom. The van der Waals surface area contributed by atoms with Gasteiger partial charge in [0.2, 0.25) is 0 Å². The molecule has 1 aliphatic rings. The molecule has 1 amide bonds. The van der Waals surface area contributed by atoms with Crippen LogP contribution in [0.1, 0.15) is 29.8 Å². The van der Waals surface area contributed by atoms with Gasteiger partial charge in [-0.05, 0) is 51.1 Å². The third-order valence-electron chi connectivity index (χ3n) is 5.33. The molecule has 7 nitrogen and oxygen atoms in total. The van der Waals surface area contributed by atoms with E-state index in [0.717, 1.165) is 37.4 Å². The number of nitrogens with zero attached hydrogens (tertiary/aromatic N) is 2. The lowest BCUT2D eigenvalue weighted by molar-refractivity contribution is 0.0773. The lowest BCUT2D eigenvalue weighted by atomic mass is 10.1. The number of sulfonamides is 1. The van der Waals surface area contributed by atoms with E-state index in [0.29, 0.717) is 24.3 Å². The number of benzene rings is 2. The minimum absolute atomic E-state index is 0.109. The van der Waals surface area contributed by atoms with Crippen LogP contribution in [0.15, 0.2) is 47.4 Å². The molecule has 8 heteroatoms. The molecule has 3 rings (SSSR count). The molecule has 0 spiro atoms. The molecule has 1 saturated heterocycles. The number of piperazine rings is 1. The molecule has 30 heavy (non-hydrogen) atoms. The summed E-state index contributed by atoms with van der Waals surface area (Å²) in [6.07, 6.45) is 0. The van der Waals surface area contributed by atoms with Gasteiger partial charge in [0.15, 0.2) is 0 Å². The van der Waals surface area contributed by atoms with Gasteiger partial charge in [-0.15, -0.1) is 0 Å². The van der Waals surface area contributed by atoms with Gasteiger partial charge in [0.25, 0.3) is 15.9 Å². The highest BCUT2D eigenvalue weighted by atomic mass is 32.2. The van der Waals surface area contributed by atoms with Crippen LogP contribution in [0, 0.1) is 6.92 Å². The first-order valence-electron chi connectivity index (χ1n) is 10.3. The molecule has 1 heterocycles. The molecule has 0 radical (unpaired) electrons. The van der Waals surface area contributed by atoms with Crippen LogP contribution in [0.3, 0.4) is 0 Å². The van der Waals surface area contributed by atoms with Gasteiger partial charge in [0.1, 0.15) is 0 Å². The number of hydrogen-bond donors (Lipinski definition) is 2. The second-order valence-electron chi connectivity index (χ2n) is 7.36. The topological polar surface area (TPSA) is 81.8 Å². The number of anilines is 2. The molecular weight excluding hydrogens is 400 g/mol. The number of rotatable bonds is 7. The fraction of sp³-hybridized carbons (Fsp3) is 0.409. The van der Waals surface area contributed by atoms with Gasteiger partial charge in [0.05, 0.1) is 16.3 Å². The second-order valence-corrected chi connectivity index (χ2v) is 9.05. The SMILES string of the molecule is CCN(CC)C(=O)c1ccc(N2CCNCC2)c(NS(=O)(=O)c2ccc(C)cc2)c1. The van der Waals surface area contributed by atoms with Crippen molar-refractivity contribution in [2.45, 2.75) is 25.7 Å². The van der Waals surface area contributed by atoms with Gasteiger partial charge >= 0.3 is 0 Å². The molecule has 0 saturated carbocycles. The molecule has 2 aromatic rings. The van der Waals surface area contributed by atoms with Crippen molar-refractivity contribution >= 4 is 27.3 Å². The van der Waals surface area contributed by atoms with Gasteiger partial charge in [0, 0.05) is 44.8 Å². The zero-order valence-corrected chi connectivity index (χ0v) is 18.6. The van der Waals surface area contributed by atoms with E-state index in [1.54, 1.807) is 41.3 Å². The molecule has 0 bridgehead atoms. The summed E-state index contributed by atoms with van der Waals surface area (Å²) in [6.45, 7) is 10.1. The summed E-state index contributed by atoms with van der Waals surface area (Å²) in [6, 6.07) is 12.0. The lowest BCUT2D eigenvalue weighted by Crippen LogP contribution is -2.43. The number of amides is 1. The van der Waals surface area contributed by atoms with Crippen LogP contribution < -0.4 is 14.9 Å². The zero-order chi connectivity index (χ0) is 21.7. The van der Waals surface area contributed by atoms with Crippen LogP contribution in [0.5, 0.6) is 0 Å². The summed E-state index contributed by atoms with van der Waals surface area (Å²) in [5.74, 6) is -0.109. The smallest absolute Gasteiger partial charge is 0.261 e. The summed E-state index contributed by atoms with van der Waals surface area (Å²) in [5, 5.41) is 3.30. The molecule has 2 N–H and O–H groups in total. The average molecular weight is 431 g/mol. The van der Waals surface area contributed by atoms with E-state index in [2.05, 4.69) is 14.9 Å². The Kier molecular flexibility index (Phi) is 6.99. The maximum Gasteiger partial charge on any atom is 0.261 e. The molecule has 0 unspecified atom stereocenters. The number of nitrogens with one attached hydrogen (secondary N) is 2. The fourth-order valence-electron chi connectivity index (χ4n) is 3.55. The predicted molar refractivity (Wildman–Crippen MR) is 121 cm³/mol. The van der Waals surface area contributed by atoms with Crippen LogP contribution in [0.2, 0.25) is 0 Å². The largest absolute Gasteiger partial charge is 0.367 e.